The van der Waals surface area contributed by atoms with E-state index < -0.39 is 10.0 Å². The number of rotatable bonds is 4. The summed E-state index contributed by atoms with van der Waals surface area (Å²) in [5.74, 6) is 1.99. The standard InChI is InChI=1S/C22H25N3O5S2/c1-15-13-31-21-5-3-17(11-18(21)23-22(15)26)32(27,28)25-8-6-24(7-9-25)12-16-2-4-19-20(10-16)30-14-29-19/h2-5,10-11,15H,6-9,12-14H2,1H3,(H,23,26)/t15-/m1/s1. The average molecular weight is 476 g/mol. The van der Waals surface area contributed by atoms with E-state index in [4.69, 9.17) is 9.47 Å². The van der Waals surface area contributed by atoms with E-state index in [2.05, 4.69) is 10.2 Å². The van der Waals surface area contributed by atoms with Gasteiger partial charge in [-0.25, -0.2) is 8.42 Å². The van der Waals surface area contributed by atoms with Crippen LogP contribution in [0, 0.1) is 5.92 Å². The summed E-state index contributed by atoms with van der Waals surface area (Å²) in [6.07, 6.45) is 0. The molecule has 0 spiro atoms. The van der Waals surface area contributed by atoms with E-state index in [1.807, 2.05) is 25.1 Å². The van der Waals surface area contributed by atoms with E-state index >= 15 is 0 Å². The molecule has 32 heavy (non-hydrogen) atoms. The molecule has 0 radical (unpaired) electrons. The van der Waals surface area contributed by atoms with Crippen LogP contribution in [0.5, 0.6) is 11.5 Å². The van der Waals surface area contributed by atoms with Crippen molar-refractivity contribution in [2.75, 3.05) is 44.0 Å². The number of hydrogen-bond acceptors (Lipinski definition) is 7. The van der Waals surface area contributed by atoms with Gasteiger partial charge >= 0.3 is 0 Å². The molecule has 10 heteroatoms. The van der Waals surface area contributed by atoms with Crippen LogP contribution in [0.2, 0.25) is 0 Å². The second-order valence-corrected chi connectivity index (χ2v) is 11.2. The highest BCUT2D eigenvalue weighted by atomic mass is 32.2. The average Bonchev–Trinajstić information content (AvgIpc) is 3.20. The lowest BCUT2D eigenvalue weighted by molar-refractivity contribution is -0.118. The molecule has 5 rings (SSSR count). The van der Waals surface area contributed by atoms with Crippen LogP contribution in [0.3, 0.4) is 0 Å². The molecule has 170 valence electrons. The van der Waals surface area contributed by atoms with E-state index in [-0.39, 0.29) is 23.5 Å². The van der Waals surface area contributed by atoms with Crippen LogP contribution in [0.1, 0.15) is 12.5 Å². The molecule has 1 N–H and O–H groups in total. The maximum Gasteiger partial charge on any atom is 0.243 e. The van der Waals surface area contributed by atoms with Gasteiger partial charge in [0, 0.05) is 49.3 Å². The van der Waals surface area contributed by atoms with Crippen LogP contribution in [-0.4, -0.2) is 62.3 Å². The van der Waals surface area contributed by atoms with Crippen molar-refractivity contribution in [2.24, 2.45) is 5.92 Å². The quantitative estimate of drug-likeness (QED) is 0.727. The van der Waals surface area contributed by atoms with Gasteiger partial charge in [-0.3, -0.25) is 9.69 Å². The van der Waals surface area contributed by atoms with E-state index in [1.54, 1.807) is 30.0 Å². The molecule has 1 atom stereocenters. The maximum atomic E-state index is 13.3. The number of piperazine rings is 1. The van der Waals surface area contributed by atoms with E-state index in [0.29, 0.717) is 37.6 Å². The highest BCUT2D eigenvalue weighted by Crippen LogP contribution is 2.35. The fourth-order valence-electron chi connectivity index (χ4n) is 4.01. The van der Waals surface area contributed by atoms with Gasteiger partial charge in [0.05, 0.1) is 10.6 Å². The van der Waals surface area contributed by atoms with Crippen LogP contribution < -0.4 is 14.8 Å². The fraction of sp³-hybridized carbons (Fsp3) is 0.409. The number of nitrogens with one attached hydrogen (secondary N) is 1. The zero-order valence-corrected chi connectivity index (χ0v) is 19.4. The van der Waals surface area contributed by atoms with Gasteiger partial charge in [0.2, 0.25) is 22.7 Å². The van der Waals surface area contributed by atoms with Gasteiger partial charge < -0.3 is 14.8 Å². The predicted molar refractivity (Wildman–Crippen MR) is 122 cm³/mol. The van der Waals surface area contributed by atoms with Crippen molar-refractivity contribution in [2.45, 2.75) is 23.3 Å². The van der Waals surface area contributed by atoms with Crippen molar-refractivity contribution >= 4 is 33.4 Å². The van der Waals surface area contributed by atoms with Crippen LogP contribution >= 0.6 is 11.8 Å². The van der Waals surface area contributed by atoms with Crippen LogP contribution in [0.25, 0.3) is 0 Å². The number of sulfonamides is 1. The first-order valence-electron chi connectivity index (χ1n) is 10.6. The second kappa shape index (κ2) is 8.58. The molecule has 3 heterocycles. The molecule has 0 aliphatic carbocycles. The molecule has 0 unspecified atom stereocenters. The lowest BCUT2D eigenvalue weighted by Gasteiger charge is -2.34. The largest absolute Gasteiger partial charge is 0.454 e. The predicted octanol–water partition coefficient (Wildman–Crippen LogP) is 2.60. The Kier molecular flexibility index (Phi) is 5.79. The number of thioether (sulfide) groups is 1. The molecule has 1 amide bonds. The minimum Gasteiger partial charge on any atom is -0.454 e. The SMILES string of the molecule is C[C@@H]1CSc2ccc(S(=O)(=O)N3CCN(Cc4ccc5c(c4)OCO5)CC3)cc2NC1=O. The molecule has 3 aliphatic rings. The Hall–Kier alpha value is -2.27. The maximum absolute atomic E-state index is 13.3. The van der Waals surface area contributed by atoms with Gasteiger partial charge in [0.25, 0.3) is 0 Å². The summed E-state index contributed by atoms with van der Waals surface area (Å²) in [4.78, 5) is 15.5. The van der Waals surface area contributed by atoms with Gasteiger partial charge in [-0.1, -0.05) is 13.0 Å². The monoisotopic (exact) mass is 475 g/mol. The number of nitrogens with zero attached hydrogens (tertiary/aromatic N) is 2. The summed E-state index contributed by atoms with van der Waals surface area (Å²) in [5.41, 5.74) is 1.69. The molecular formula is C22H25N3O5S2. The molecule has 8 nitrogen and oxygen atoms in total. The Morgan fingerprint density at radius 2 is 1.84 bits per heavy atom. The van der Waals surface area contributed by atoms with Gasteiger partial charge in [0.15, 0.2) is 11.5 Å². The third kappa shape index (κ3) is 4.19. The van der Waals surface area contributed by atoms with Crippen molar-refractivity contribution in [3.8, 4) is 11.5 Å². The first-order chi connectivity index (χ1) is 15.4. The van der Waals surface area contributed by atoms with Crippen molar-refractivity contribution < 1.29 is 22.7 Å². The van der Waals surface area contributed by atoms with Crippen LogP contribution in [0.15, 0.2) is 46.2 Å². The number of ether oxygens (including phenoxy) is 2. The van der Waals surface area contributed by atoms with E-state index in [9.17, 15) is 13.2 Å². The smallest absolute Gasteiger partial charge is 0.243 e. The lowest BCUT2D eigenvalue weighted by atomic mass is 10.2. The third-order valence-electron chi connectivity index (χ3n) is 5.96. The Balaban J connectivity index is 1.25. The summed E-state index contributed by atoms with van der Waals surface area (Å²) in [6, 6.07) is 10.9. The minimum atomic E-state index is -3.63. The molecule has 1 fully saturated rings. The summed E-state index contributed by atoms with van der Waals surface area (Å²) in [6.45, 7) is 4.97. The first-order valence-corrected chi connectivity index (χ1v) is 13.0. The number of hydrogen-bond donors (Lipinski definition) is 1. The van der Waals surface area contributed by atoms with Crippen molar-refractivity contribution in [1.29, 1.82) is 0 Å². The number of benzene rings is 2. The third-order valence-corrected chi connectivity index (χ3v) is 9.19. The van der Waals surface area contributed by atoms with E-state index in [1.165, 1.54) is 4.31 Å². The highest BCUT2D eigenvalue weighted by molar-refractivity contribution is 7.99. The van der Waals surface area contributed by atoms with Gasteiger partial charge in [-0.2, -0.15) is 4.31 Å². The number of carbonyl (C=O) groups is 1. The Morgan fingerprint density at radius 3 is 2.66 bits per heavy atom. The molecule has 0 saturated carbocycles. The van der Waals surface area contributed by atoms with Gasteiger partial charge in [0.1, 0.15) is 0 Å². The summed E-state index contributed by atoms with van der Waals surface area (Å²) in [7, 11) is -3.63. The fourth-order valence-corrected chi connectivity index (χ4v) is 6.47. The number of fused-ring (bicyclic) bond motifs is 2. The zero-order valence-electron chi connectivity index (χ0n) is 17.7. The normalized spacial score (nSPS) is 21.7. The van der Waals surface area contributed by atoms with Crippen molar-refractivity contribution in [1.82, 2.24) is 9.21 Å². The molecule has 2 aromatic rings. The summed E-state index contributed by atoms with van der Waals surface area (Å²) >= 11 is 1.57. The number of amides is 1. The highest BCUT2D eigenvalue weighted by Gasteiger charge is 2.30. The van der Waals surface area contributed by atoms with Crippen molar-refractivity contribution in [3.05, 3.63) is 42.0 Å². The minimum absolute atomic E-state index is 0.0806. The first kappa shape index (κ1) is 21.6. The molecule has 1 saturated heterocycles. The zero-order chi connectivity index (χ0) is 22.3. The molecule has 3 aliphatic heterocycles. The number of anilines is 1. The topological polar surface area (TPSA) is 88.2 Å². The summed E-state index contributed by atoms with van der Waals surface area (Å²) < 4.78 is 38.8. The molecular weight excluding hydrogens is 450 g/mol. The van der Waals surface area contributed by atoms with E-state index in [0.717, 1.165) is 28.5 Å². The molecule has 2 aromatic carbocycles. The van der Waals surface area contributed by atoms with Gasteiger partial charge in [-0.05, 0) is 35.9 Å². The Morgan fingerprint density at radius 1 is 1.06 bits per heavy atom. The number of carbonyl (C=O) groups excluding carboxylic acids is 1. The second-order valence-electron chi connectivity index (χ2n) is 8.23. The molecule has 0 bridgehead atoms. The van der Waals surface area contributed by atoms with Crippen LogP contribution in [-0.2, 0) is 21.4 Å². The Bertz CT molecular complexity index is 1150. The lowest BCUT2D eigenvalue weighted by Crippen LogP contribution is -2.48. The summed E-state index contributed by atoms with van der Waals surface area (Å²) in [5, 5.41) is 2.87. The Labute approximate surface area is 191 Å². The van der Waals surface area contributed by atoms with Crippen molar-refractivity contribution in [3.63, 3.8) is 0 Å². The molecule has 0 aromatic heterocycles. The van der Waals surface area contributed by atoms with Crippen LogP contribution in [0.4, 0.5) is 5.69 Å². The van der Waals surface area contributed by atoms with Gasteiger partial charge in [-0.15, -0.1) is 11.8 Å².